The van der Waals surface area contributed by atoms with Crippen LogP contribution in [-0.4, -0.2) is 36.8 Å². The van der Waals surface area contributed by atoms with E-state index >= 15 is 0 Å². The van der Waals surface area contributed by atoms with E-state index in [1.807, 2.05) is 13.0 Å². The molecule has 0 aliphatic carbocycles. The zero-order valence-corrected chi connectivity index (χ0v) is 10.0. The van der Waals surface area contributed by atoms with Crippen molar-refractivity contribution < 1.29 is 4.74 Å². The summed E-state index contributed by atoms with van der Waals surface area (Å²) < 4.78 is 5.61. The molecule has 1 aliphatic rings. The number of pyridine rings is 1. The van der Waals surface area contributed by atoms with Crippen LogP contribution in [0.2, 0.25) is 5.02 Å². The molecule has 1 aliphatic heterocycles. The van der Waals surface area contributed by atoms with E-state index in [9.17, 15) is 0 Å². The fourth-order valence-corrected chi connectivity index (χ4v) is 2.08. The molecule has 0 saturated carbocycles. The summed E-state index contributed by atoms with van der Waals surface area (Å²) in [6.45, 7) is 4.27. The Morgan fingerprint density at radius 2 is 2.50 bits per heavy atom. The number of hydrogen-bond acceptors (Lipinski definition) is 4. The molecule has 2 atom stereocenters. The molecule has 16 heavy (non-hydrogen) atoms. The molecule has 0 amide bonds. The molecule has 2 heterocycles. The smallest absolute Gasteiger partial charge is 0.0898 e. The molecule has 1 fully saturated rings. The van der Waals surface area contributed by atoms with Gasteiger partial charge in [0, 0.05) is 31.5 Å². The van der Waals surface area contributed by atoms with Crippen molar-refractivity contribution in [1.82, 2.24) is 4.98 Å². The van der Waals surface area contributed by atoms with Crippen molar-refractivity contribution in [1.29, 1.82) is 0 Å². The lowest BCUT2D eigenvalue weighted by atomic mass is 10.1. The van der Waals surface area contributed by atoms with Crippen molar-refractivity contribution in [2.75, 3.05) is 24.6 Å². The molecule has 1 aromatic heterocycles. The Morgan fingerprint density at radius 1 is 1.69 bits per heavy atom. The largest absolute Gasteiger partial charge is 0.373 e. The zero-order chi connectivity index (χ0) is 11.5. The van der Waals surface area contributed by atoms with Crippen LogP contribution < -0.4 is 10.6 Å². The van der Waals surface area contributed by atoms with Gasteiger partial charge in [-0.3, -0.25) is 4.98 Å². The summed E-state index contributed by atoms with van der Waals surface area (Å²) in [4.78, 5) is 6.18. The SMILES string of the molecule is CC(N)C1CN(c2ccncc2Cl)CCO1. The van der Waals surface area contributed by atoms with Crippen molar-refractivity contribution in [2.24, 2.45) is 5.73 Å². The molecule has 88 valence electrons. The number of ether oxygens (including phenoxy) is 1. The van der Waals surface area contributed by atoms with Crippen molar-refractivity contribution in [3.8, 4) is 0 Å². The maximum atomic E-state index is 6.11. The highest BCUT2D eigenvalue weighted by Crippen LogP contribution is 2.26. The third-order valence-corrected chi connectivity index (χ3v) is 3.06. The van der Waals surface area contributed by atoms with Gasteiger partial charge < -0.3 is 15.4 Å². The third kappa shape index (κ3) is 2.45. The Bertz CT molecular complexity index is 359. The van der Waals surface area contributed by atoms with Gasteiger partial charge in [0.25, 0.3) is 0 Å². The number of hydrogen-bond donors (Lipinski definition) is 1. The molecular weight excluding hydrogens is 226 g/mol. The van der Waals surface area contributed by atoms with Crippen LogP contribution >= 0.6 is 11.6 Å². The van der Waals surface area contributed by atoms with Gasteiger partial charge in [-0.15, -0.1) is 0 Å². The molecule has 2 rings (SSSR count). The highest BCUT2D eigenvalue weighted by molar-refractivity contribution is 6.33. The van der Waals surface area contributed by atoms with E-state index in [4.69, 9.17) is 22.1 Å². The Morgan fingerprint density at radius 3 is 3.19 bits per heavy atom. The first-order valence-corrected chi connectivity index (χ1v) is 5.78. The summed E-state index contributed by atoms with van der Waals surface area (Å²) in [7, 11) is 0. The predicted octanol–water partition coefficient (Wildman–Crippen LogP) is 1.29. The van der Waals surface area contributed by atoms with Gasteiger partial charge in [-0.25, -0.2) is 0 Å². The van der Waals surface area contributed by atoms with Gasteiger partial charge in [0.15, 0.2) is 0 Å². The van der Waals surface area contributed by atoms with Crippen LogP contribution in [0.1, 0.15) is 6.92 Å². The maximum absolute atomic E-state index is 6.11. The quantitative estimate of drug-likeness (QED) is 0.848. The molecule has 0 radical (unpaired) electrons. The minimum atomic E-state index is 0.0309. The molecule has 0 spiro atoms. The van der Waals surface area contributed by atoms with Gasteiger partial charge in [-0.05, 0) is 13.0 Å². The number of nitrogens with zero attached hydrogens (tertiary/aromatic N) is 2. The predicted molar refractivity (Wildman–Crippen MR) is 64.8 cm³/mol. The van der Waals surface area contributed by atoms with Gasteiger partial charge in [0.05, 0.1) is 23.4 Å². The number of nitrogens with two attached hydrogens (primary N) is 1. The third-order valence-electron chi connectivity index (χ3n) is 2.77. The summed E-state index contributed by atoms with van der Waals surface area (Å²) in [5.74, 6) is 0. The lowest BCUT2D eigenvalue weighted by molar-refractivity contribution is 0.0276. The van der Waals surface area contributed by atoms with E-state index in [1.54, 1.807) is 12.4 Å². The van der Waals surface area contributed by atoms with Crippen LogP contribution in [0.4, 0.5) is 5.69 Å². The molecule has 1 aromatic rings. The average Bonchev–Trinajstić information content (AvgIpc) is 2.30. The summed E-state index contributed by atoms with van der Waals surface area (Å²) in [5.41, 5.74) is 6.85. The topological polar surface area (TPSA) is 51.4 Å². The van der Waals surface area contributed by atoms with E-state index < -0.39 is 0 Å². The van der Waals surface area contributed by atoms with Crippen LogP contribution in [0.25, 0.3) is 0 Å². The Labute approximate surface area is 100 Å². The molecule has 1 saturated heterocycles. The van der Waals surface area contributed by atoms with Gasteiger partial charge in [0.2, 0.25) is 0 Å². The van der Waals surface area contributed by atoms with Crippen LogP contribution in [0, 0.1) is 0 Å². The van der Waals surface area contributed by atoms with Crippen LogP contribution in [0.3, 0.4) is 0 Å². The van der Waals surface area contributed by atoms with Gasteiger partial charge in [-0.2, -0.15) is 0 Å². The summed E-state index contributed by atoms with van der Waals surface area (Å²) in [6, 6.07) is 1.95. The number of rotatable bonds is 2. The fourth-order valence-electron chi connectivity index (χ4n) is 1.84. The first kappa shape index (κ1) is 11.6. The van der Waals surface area contributed by atoms with Crippen molar-refractivity contribution in [3.05, 3.63) is 23.5 Å². The van der Waals surface area contributed by atoms with E-state index in [0.717, 1.165) is 18.8 Å². The van der Waals surface area contributed by atoms with Crippen LogP contribution in [-0.2, 0) is 4.74 Å². The molecule has 2 unspecified atom stereocenters. The summed E-state index contributed by atoms with van der Waals surface area (Å²) in [6.07, 6.45) is 3.48. The molecule has 0 bridgehead atoms. The van der Waals surface area contributed by atoms with Crippen LogP contribution in [0.5, 0.6) is 0 Å². The van der Waals surface area contributed by atoms with Gasteiger partial charge in [0.1, 0.15) is 0 Å². The molecule has 0 aromatic carbocycles. The van der Waals surface area contributed by atoms with E-state index in [0.29, 0.717) is 11.6 Å². The molecule has 5 heteroatoms. The number of halogens is 1. The second-order valence-electron chi connectivity index (χ2n) is 4.04. The maximum Gasteiger partial charge on any atom is 0.0898 e. The Hall–Kier alpha value is -0.840. The lowest BCUT2D eigenvalue weighted by Crippen LogP contribution is -2.49. The number of morpholine rings is 1. The van der Waals surface area contributed by atoms with Crippen LogP contribution in [0.15, 0.2) is 18.5 Å². The molecule has 4 nitrogen and oxygen atoms in total. The van der Waals surface area contributed by atoms with Crippen molar-refractivity contribution in [3.63, 3.8) is 0 Å². The minimum Gasteiger partial charge on any atom is -0.373 e. The standard InChI is InChI=1S/C11H16ClN3O/c1-8(13)11-7-15(4-5-16-11)10-2-3-14-6-9(10)12/h2-3,6,8,11H,4-5,7,13H2,1H3. The highest BCUT2D eigenvalue weighted by atomic mass is 35.5. The second kappa shape index (κ2) is 4.99. The summed E-state index contributed by atoms with van der Waals surface area (Å²) >= 11 is 6.11. The number of anilines is 1. The normalized spacial score (nSPS) is 23.2. The van der Waals surface area contributed by atoms with E-state index in [1.165, 1.54) is 0 Å². The highest BCUT2D eigenvalue weighted by Gasteiger charge is 2.24. The van der Waals surface area contributed by atoms with Crippen molar-refractivity contribution >= 4 is 17.3 Å². The van der Waals surface area contributed by atoms with E-state index in [-0.39, 0.29) is 12.1 Å². The Kier molecular flexibility index (Phi) is 3.63. The fraction of sp³-hybridized carbons (Fsp3) is 0.545. The molecular formula is C11H16ClN3O. The Balaban J connectivity index is 2.13. The monoisotopic (exact) mass is 241 g/mol. The first-order chi connectivity index (χ1) is 7.68. The van der Waals surface area contributed by atoms with Crippen molar-refractivity contribution in [2.45, 2.75) is 19.1 Å². The van der Waals surface area contributed by atoms with Gasteiger partial charge >= 0.3 is 0 Å². The second-order valence-corrected chi connectivity index (χ2v) is 4.45. The zero-order valence-electron chi connectivity index (χ0n) is 9.27. The van der Waals surface area contributed by atoms with Gasteiger partial charge in [-0.1, -0.05) is 11.6 Å². The average molecular weight is 242 g/mol. The minimum absolute atomic E-state index is 0.0309. The molecule has 2 N–H and O–H groups in total. The number of aromatic nitrogens is 1. The first-order valence-electron chi connectivity index (χ1n) is 5.40. The van der Waals surface area contributed by atoms with E-state index in [2.05, 4.69) is 9.88 Å². The summed E-state index contributed by atoms with van der Waals surface area (Å²) in [5, 5.41) is 0.674. The lowest BCUT2D eigenvalue weighted by Gasteiger charge is -2.36.